The van der Waals surface area contributed by atoms with E-state index in [1.165, 1.54) is 30.6 Å². The van der Waals surface area contributed by atoms with Gasteiger partial charge in [-0.2, -0.15) is 0 Å². The van der Waals surface area contributed by atoms with Crippen molar-refractivity contribution >= 4 is 34.3 Å². The normalized spacial score (nSPS) is 19.1. The molecule has 3 rings (SSSR count). The highest BCUT2D eigenvalue weighted by Crippen LogP contribution is 2.25. The van der Waals surface area contributed by atoms with E-state index in [1.54, 1.807) is 17.2 Å². The molecule has 1 aliphatic carbocycles. The highest BCUT2D eigenvalue weighted by Gasteiger charge is 2.25. The third kappa shape index (κ3) is 5.51. The Morgan fingerprint density at radius 1 is 1.33 bits per heavy atom. The maximum atomic E-state index is 12.1. The van der Waals surface area contributed by atoms with E-state index in [9.17, 15) is 14.4 Å². The van der Waals surface area contributed by atoms with Gasteiger partial charge in [-0.05, 0) is 32.1 Å². The second-order valence-electron chi connectivity index (χ2n) is 7.33. The molecule has 1 N–H and O–H groups in total. The Balaban J connectivity index is 1.42. The molecular formula is C19H27N3O4S. The van der Waals surface area contributed by atoms with Crippen LogP contribution >= 0.6 is 11.3 Å². The molecule has 0 radical (unpaired) electrons. The number of thiazole rings is 1. The summed E-state index contributed by atoms with van der Waals surface area (Å²) in [4.78, 5) is 42.0. The lowest BCUT2D eigenvalue weighted by molar-refractivity contribution is -0.154. The molecule has 1 saturated heterocycles. The number of anilines is 1. The average molecular weight is 394 g/mol. The highest BCUT2D eigenvalue weighted by atomic mass is 32.1. The van der Waals surface area contributed by atoms with E-state index in [1.807, 2.05) is 0 Å². The van der Waals surface area contributed by atoms with Gasteiger partial charge in [0, 0.05) is 24.9 Å². The van der Waals surface area contributed by atoms with Crippen LogP contribution < -0.4 is 10.2 Å². The van der Waals surface area contributed by atoms with Crippen LogP contribution in [0.25, 0.3) is 0 Å². The molecule has 0 spiro atoms. The van der Waals surface area contributed by atoms with Gasteiger partial charge in [0.1, 0.15) is 0 Å². The van der Waals surface area contributed by atoms with Crippen molar-refractivity contribution in [2.45, 2.75) is 64.4 Å². The van der Waals surface area contributed by atoms with E-state index in [2.05, 4.69) is 10.3 Å². The van der Waals surface area contributed by atoms with E-state index in [-0.39, 0.29) is 18.2 Å². The second kappa shape index (κ2) is 9.30. The molecule has 2 heterocycles. The topological polar surface area (TPSA) is 88.6 Å². The summed E-state index contributed by atoms with van der Waals surface area (Å²) in [6.45, 7) is 2.91. The summed E-state index contributed by atoms with van der Waals surface area (Å²) in [5, 5.41) is 5.28. The van der Waals surface area contributed by atoms with Crippen LogP contribution in [0.2, 0.25) is 0 Å². The van der Waals surface area contributed by atoms with Crippen LogP contribution in [-0.2, 0) is 25.5 Å². The summed E-state index contributed by atoms with van der Waals surface area (Å²) in [7, 11) is 0. The van der Waals surface area contributed by atoms with Crippen molar-refractivity contribution in [1.29, 1.82) is 0 Å². The molecule has 0 bridgehead atoms. The molecule has 1 unspecified atom stereocenters. The summed E-state index contributed by atoms with van der Waals surface area (Å²) in [5.74, 6) is -0.135. The summed E-state index contributed by atoms with van der Waals surface area (Å²) >= 11 is 1.35. The fraction of sp³-hybridized carbons (Fsp3) is 0.684. The zero-order valence-electron chi connectivity index (χ0n) is 15.7. The van der Waals surface area contributed by atoms with E-state index >= 15 is 0 Å². The van der Waals surface area contributed by atoms with Crippen LogP contribution in [0.4, 0.5) is 5.13 Å². The van der Waals surface area contributed by atoms with Gasteiger partial charge < -0.3 is 10.1 Å². The maximum Gasteiger partial charge on any atom is 0.312 e. The van der Waals surface area contributed by atoms with Gasteiger partial charge in [-0.3, -0.25) is 19.3 Å². The Labute approximate surface area is 163 Å². The van der Waals surface area contributed by atoms with Crippen molar-refractivity contribution in [3.8, 4) is 0 Å². The van der Waals surface area contributed by atoms with Crippen molar-refractivity contribution < 1.29 is 19.1 Å². The highest BCUT2D eigenvalue weighted by molar-refractivity contribution is 7.14. The minimum Gasteiger partial charge on any atom is -0.452 e. The fourth-order valence-corrected chi connectivity index (χ4v) is 4.44. The number of hydrogen-bond donors (Lipinski definition) is 1. The minimum atomic E-state index is -0.820. The first kappa shape index (κ1) is 19.8. The van der Waals surface area contributed by atoms with E-state index in [0.29, 0.717) is 36.3 Å². The lowest BCUT2D eigenvalue weighted by Gasteiger charge is -2.22. The van der Waals surface area contributed by atoms with E-state index in [4.69, 9.17) is 4.74 Å². The SMILES string of the molecule is CC(OC(=O)Cc1csc(N2CCCC2=O)n1)C(=O)NCC1CCCCC1. The number of nitrogens with one attached hydrogen (secondary N) is 1. The first-order valence-corrected chi connectivity index (χ1v) is 10.6. The number of carbonyl (C=O) groups excluding carboxylic acids is 3. The van der Waals surface area contributed by atoms with Crippen LogP contribution in [0.5, 0.6) is 0 Å². The average Bonchev–Trinajstić information content (AvgIpc) is 3.29. The number of esters is 1. The van der Waals surface area contributed by atoms with Crippen LogP contribution in [0.3, 0.4) is 0 Å². The van der Waals surface area contributed by atoms with Gasteiger partial charge >= 0.3 is 5.97 Å². The standard InChI is InChI=1S/C19H27N3O4S/c1-13(18(25)20-11-14-6-3-2-4-7-14)26-17(24)10-15-12-27-19(21-15)22-9-5-8-16(22)23/h12-14H,2-11H2,1H3,(H,20,25). The Hall–Kier alpha value is -1.96. The summed E-state index contributed by atoms with van der Waals surface area (Å²) in [6, 6.07) is 0. The molecular weight excluding hydrogens is 366 g/mol. The third-order valence-electron chi connectivity index (χ3n) is 5.14. The predicted octanol–water partition coefficient (Wildman–Crippen LogP) is 2.44. The van der Waals surface area contributed by atoms with Crippen molar-refractivity contribution in [2.75, 3.05) is 18.0 Å². The van der Waals surface area contributed by atoms with Gasteiger partial charge in [0.25, 0.3) is 5.91 Å². The number of nitrogens with zero attached hydrogens (tertiary/aromatic N) is 2. The van der Waals surface area contributed by atoms with Gasteiger partial charge in [-0.15, -0.1) is 11.3 Å². The second-order valence-corrected chi connectivity index (χ2v) is 8.16. The molecule has 148 valence electrons. The monoisotopic (exact) mass is 393 g/mol. The van der Waals surface area contributed by atoms with Gasteiger partial charge in [0.05, 0.1) is 12.1 Å². The quantitative estimate of drug-likeness (QED) is 0.719. The van der Waals surface area contributed by atoms with Crippen LogP contribution in [0.15, 0.2) is 5.38 Å². The molecule has 1 aliphatic heterocycles. The lowest BCUT2D eigenvalue weighted by Crippen LogP contribution is -2.39. The molecule has 1 saturated carbocycles. The van der Waals surface area contributed by atoms with Crippen molar-refractivity contribution in [3.05, 3.63) is 11.1 Å². The summed E-state index contributed by atoms with van der Waals surface area (Å²) < 4.78 is 5.24. The van der Waals surface area contributed by atoms with Gasteiger partial charge in [-0.1, -0.05) is 19.3 Å². The molecule has 2 amide bonds. The molecule has 2 aliphatic rings. The van der Waals surface area contributed by atoms with Crippen LogP contribution in [-0.4, -0.2) is 42.0 Å². The number of rotatable bonds is 7. The molecule has 0 aromatic carbocycles. The Bertz CT molecular complexity index is 684. The maximum absolute atomic E-state index is 12.1. The molecule has 27 heavy (non-hydrogen) atoms. The zero-order valence-corrected chi connectivity index (χ0v) is 16.6. The molecule has 1 aromatic heterocycles. The van der Waals surface area contributed by atoms with Crippen molar-refractivity contribution in [3.63, 3.8) is 0 Å². The van der Waals surface area contributed by atoms with Crippen LogP contribution in [0, 0.1) is 5.92 Å². The molecule has 2 fully saturated rings. The smallest absolute Gasteiger partial charge is 0.312 e. The number of hydrogen-bond acceptors (Lipinski definition) is 6. The van der Waals surface area contributed by atoms with E-state index < -0.39 is 12.1 Å². The third-order valence-corrected chi connectivity index (χ3v) is 6.05. The van der Waals surface area contributed by atoms with Gasteiger partial charge in [-0.25, -0.2) is 4.98 Å². The van der Waals surface area contributed by atoms with E-state index in [0.717, 1.165) is 19.3 Å². The zero-order chi connectivity index (χ0) is 19.2. The number of ether oxygens (including phenoxy) is 1. The Morgan fingerprint density at radius 3 is 2.81 bits per heavy atom. The van der Waals surface area contributed by atoms with Gasteiger partial charge in [0.2, 0.25) is 5.91 Å². The van der Waals surface area contributed by atoms with Crippen LogP contribution in [0.1, 0.15) is 57.6 Å². The Morgan fingerprint density at radius 2 is 2.11 bits per heavy atom. The predicted molar refractivity (Wildman–Crippen MR) is 103 cm³/mol. The number of carbonyl (C=O) groups is 3. The largest absolute Gasteiger partial charge is 0.452 e. The first-order valence-electron chi connectivity index (χ1n) is 9.75. The lowest BCUT2D eigenvalue weighted by atomic mass is 9.89. The van der Waals surface area contributed by atoms with Crippen molar-refractivity contribution in [1.82, 2.24) is 10.3 Å². The number of amides is 2. The Kier molecular flexibility index (Phi) is 6.82. The number of aromatic nitrogens is 1. The first-order chi connectivity index (χ1) is 13.0. The molecule has 8 heteroatoms. The molecule has 7 nitrogen and oxygen atoms in total. The van der Waals surface area contributed by atoms with Gasteiger partial charge in [0.15, 0.2) is 11.2 Å². The fourth-order valence-electron chi connectivity index (χ4n) is 3.57. The minimum absolute atomic E-state index is 0.00121. The summed E-state index contributed by atoms with van der Waals surface area (Å²) in [6.07, 6.45) is 6.60. The van der Waals surface area contributed by atoms with Crippen molar-refractivity contribution in [2.24, 2.45) is 5.92 Å². The summed E-state index contributed by atoms with van der Waals surface area (Å²) in [5.41, 5.74) is 0.564. The molecule has 1 aromatic rings. The molecule has 1 atom stereocenters.